The normalized spacial score (nSPS) is 11.2. The van der Waals surface area contributed by atoms with E-state index in [0.717, 1.165) is 0 Å². The lowest BCUT2D eigenvalue weighted by molar-refractivity contribution is -0.114. The number of rotatable bonds is 6. The van der Waals surface area contributed by atoms with E-state index in [4.69, 9.17) is 11.6 Å². The standard InChI is InChI=1S/C21H19ClFN3O4S/c1-13-10-20(21(28)26(11-13)12-17-18(22)4-3-5-19(17)23)25-31(29,30)16-8-6-15(7-9-16)24-14(2)27/h3-11,25H,12H2,1-2H3,(H,24,27). The van der Waals surface area contributed by atoms with E-state index in [2.05, 4.69) is 10.0 Å². The maximum Gasteiger partial charge on any atom is 0.275 e. The molecule has 0 aliphatic rings. The van der Waals surface area contributed by atoms with Crippen LogP contribution in [-0.4, -0.2) is 18.9 Å². The Morgan fingerprint density at radius 1 is 1.16 bits per heavy atom. The van der Waals surface area contributed by atoms with Gasteiger partial charge in [-0.05, 0) is 55.0 Å². The molecule has 0 aliphatic carbocycles. The molecule has 0 saturated carbocycles. The van der Waals surface area contributed by atoms with Gasteiger partial charge in [-0.15, -0.1) is 0 Å². The molecule has 162 valence electrons. The van der Waals surface area contributed by atoms with Crippen LogP contribution in [-0.2, 0) is 21.4 Å². The van der Waals surface area contributed by atoms with Crippen molar-refractivity contribution in [1.29, 1.82) is 0 Å². The van der Waals surface area contributed by atoms with Gasteiger partial charge >= 0.3 is 0 Å². The third-order valence-corrected chi connectivity index (χ3v) is 6.08. The first-order valence-corrected chi connectivity index (χ1v) is 11.0. The largest absolute Gasteiger partial charge is 0.326 e. The average molecular weight is 464 g/mol. The Morgan fingerprint density at radius 2 is 1.84 bits per heavy atom. The van der Waals surface area contributed by atoms with Crippen LogP contribution in [0.5, 0.6) is 0 Å². The fourth-order valence-corrected chi connectivity index (χ4v) is 4.23. The summed E-state index contributed by atoms with van der Waals surface area (Å²) >= 11 is 6.05. The van der Waals surface area contributed by atoms with Gasteiger partial charge in [-0.25, -0.2) is 12.8 Å². The number of nitrogens with one attached hydrogen (secondary N) is 2. The third kappa shape index (κ3) is 5.31. The summed E-state index contributed by atoms with van der Waals surface area (Å²) in [6, 6.07) is 11.1. The van der Waals surface area contributed by atoms with E-state index in [1.54, 1.807) is 6.92 Å². The Hall–Kier alpha value is -3.17. The lowest BCUT2D eigenvalue weighted by atomic mass is 10.2. The first kappa shape index (κ1) is 22.5. The van der Waals surface area contributed by atoms with Crippen LogP contribution < -0.4 is 15.6 Å². The summed E-state index contributed by atoms with van der Waals surface area (Å²) in [5.74, 6) is -0.855. The highest BCUT2D eigenvalue weighted by Crippen LogP contribution is 2.21. The van der Waals surface area contributed by atoms with E-state index in [0.29, 0.717) is 11.3 Å². The van der Waals surface area contributed by atoms with Crippen molar-refractivity contribution >= 4 is 38.9 Å². The SMILES string of the molecule is CC(=O)Nc1ccc(S(=O)(=O)Nc2cc(C)cn(Cc3c(F)cccc3Cl)c2=O)cc1. The Balaban J connectivity index is 1.93. The van der Waals surface area contributed by atoms with Crippen LogP contribution in [0.1, 0.15) is 18.1 Å². The first-order chi connectivity index (χ1) is 14.6. The lowest BCUT2D eigenvalue weighted by Crippen LogP contribution is -2.27. The smallest absolute Gasteiger partial charge is 0.275 e. The fourth-order valence-electron chi connectivity index (χ4n) is 2.95. The molecule has 31 heavy (non-hydrogen) atoms. The molecule has 3 aromatic rings. The summed E-state index contributed by atoms with van der Waals surface area (Å²) in [5.41, 5.74) is 0.317. The molecule has 0 saturated heterocycles. The summed E-state index contributed by atoms with van der Waals surface area (Å²) in [6.45, 7) is 2.86. The van der Waals surface area contributed by atoms with E-state index in [9.17, 15) is 22.4 Å². The van der Waals surface area contributed by atoms with Gasteiger partial charge < -0.3 is 9.88 Å². The molecule has 0 fully saturated rings. The predicted molar refractivity (Wildman–Crippen MR) is 118 cm³/mol. The average Bonchev–Trinajstić information content (AvgIpc) is 2.68. The van der Waals surface area contributed by atoms with E-state index in [1.807, 2.05) is 0 Å². The topological polar surface area (TPSA) is 97.3 Å². The van der Waals surface area contributed by atoms with Gasteiger partial charge in [0.25, 0.3) is 15.6 Å². The molecule has 2 aromatic carbocycles. The number of carbonyl (C=O) groups is 1. The Kier molecular flexibility index (Phi) is 6.47. The number of halogens is 2. The zero-order chi connectivity index (χ0) is 22.8. The number of carbonyl (C=O) groups excluding carboxylic acids is 1. The second-order valence-electron chi connectivity index (χ2n) is 6.88. The van der Waals surface area contributed by atoms with E-state index < -0.39 is 21.4 Å². The van der Waals surface area contributed by atoms with Crippen LogP contribution in [0.4, 0.5) is 15.8 Å². The molecule has 2 N–H and O–H groups in total. The van der Waals surface area contributed by atoms with Crippen molar-refractivity contribution in [3.63, 3.8) is 0 Å². The Bertz CT molecular complexity index is 1280. The van der Waals surface area contributed by atoms with Crippen molar-refractivity contribution in [3.8, 4) is 0 Å². The van der Waals surface area contributed by atoms with Crippen LogP contribution in [0.2, 0.25) is 5.02 Å². The highest BCUT2D eigenvalue weighted by atomic mass is 35.5. The number of amides is 1. The van der Waals surface area contributed by atoms with Gasteiger partial charge in [0.05, 0.1) is 11.4 Å². The summed E-state index contributed by atoms with van der Waals surface area (Å²) in [4.78, 5) is 23.9. The summed E-state index contributed by atoms with van der Waals surface area (Å²) < 4.78 is 43.1. The van der Waals surface area contributed by atoms with Crippen molar-refractivity contribution < 1.29 is 17.6 Å². The molecule has 0 radical (unpaired) electrons. The molecule has 1 amide bonds. The van der Waals surface area contributed by atoms with Crippen LogP contribution in [0.25, 0.3) is 0 Å². The van der Waals surface area contributed by atoms with Crippen molar-refractivity contribution in [2.75, 3.05) is 10.0 Å². The number of anilines is 2. The number of nitrogens with zero attached hydrogens (tertiary/aromatic N) is 1. The lowest BCUT2D eigenvalue weighted by Gasteiger charge is -2.13. The minimum atomic E-state index is -4.08. The van der Waals surface area contributed by atoms with E-state index >= 15 is 0 Å². The summed E-state index contributed by atoms with van der Waals surface area (Å²) in [7, 11) is -4.08. The van der Waals surface area contributed by atoms with Gasteiger partial charge in [0.2, 0.25) is 5.91 Å². The highest BCUT2D eigenvalue weighted by molar-refractivity contribution is 7.92. The third-order valence-electron chi connectivity index (χ3n) is 4.34. The molecule has 0 spiro atoms. The van der Waals surface area contributed by atoms with Crippen molar-refractivity contribution in [2.45, 2.75) is 25.3 Å². The number of hydrogen-bond donors (Lipinski definition) is 2. The number of sulfonamides is 1. The second-order valence-corrected chi connectivity index (χ2v) is 8.97. The van der Waals surface area contributed by atoms with Gasteiger partial charge in [0.15, 0.2) is 0 Å². The van der Waals surface area contributed by atoms with Gasteiger partial charge in [-0.3, -0.25) is 14.3 Å². The molecule has 1 aromatic heterocycles. The van der Waals surface area contributed by atoms with Crippen LogP contribution in [0.3, 0.4) is 0 Å². The zero-order valence-corrected chi connectivity index (χ0v) is 18.2. The maximum atomic E-state index is 14.1. The van der Waals surface area contributed by atoms with Gasteiger partial charge in [0.1, 0.15) is 11.5 Å². The minimum absolute atomic E-state index is 0.0915. The molecular weight excluding hydrogens is 445 g/mol. The van der Waals surface area contributed by atoms with Crippen molar-refractivity contribution in [2.24, 2.45) is 0 Å². The van der Waals surface area contributed by atoms with Crippen LogP contribution >= 0.6 is 11.6 Å². The Morgan fingerprint density at radius 3 is 2.45 bits per heavy atom. The van der Waals surface area contributed by atoms with E-state index in [1.165, 1.54) is 66.2 Å². The maximum absolute atomic E-state index is 14.1. The monoisotopic (exact) mass is 463 g/mol. The summed E-state index contributed by atoms with van der Waals surface area (Å²) in [5, 5.41) is 2.70. The molecule has 0 bridgehead atoms. The molecule has 1 heterocycles. The van der Waals surface area contributed by atoms with Gasteiger partial charge in [-0.1, -0.05) is 17.7 Å². The van der Waals surface area contributed by atoms with Gasteiger partial charge in [-0.2, -0.15) is 0 Å². The van der Waals surface area contributed by atoms with Gasteiger partial charge in [0, 0.05) is 29.4 Å². The molecule has 7 nitrogen and oxygen atoms in total. The Labute approximate surface area is 183 Å². The molecule has 10 heteroatoms. The molecule has 0 atom stereocenters. The fraction of sp³-hybridized carbons (Fsp3) is 0.143. The number of hydrogen-bond acceptors (Lipinski definition) is 4. The van der Waals surface area contributed by atoms with Crippen molar-refractivity contribution in [1.82, 2.24) is 4.57 Å². The molecular formula is C21H19ClFN3O4S. The number of aryl methyl sites for hydroxylation is 1. The van der Waals surface area contributed by atoms with Crippen molar-refractivity contribution in [3.05, 3.63) is 87.0 Å². The first-order valence-electron chi connectivity index (χ1n) is 9.11. The molecule has 3 rings (SSSR count). The summed E-state index contributed by atoms with van der Waals surface area (Å²) in [6.07, 6.45) is 1.49. The van der Waals surface area contributed by atoms with E-state index in [-0.39, 0.29) is 33.6 Å². The number of aromatic nitrogens is 1. The number of benzene rings is 2. The minimum Gasteiger partial charge on any atom is -0.326 e. The van der Waals surface area contributed by atoms with Crippen LogP contribution in [0, 0.1) is 12.7 Å². The molecule has 0 aliphatic heterocycles. The zero-order valence-electron chi connectivity index (χ0n) is 16.6. The molecule has 0 unspecified atom stereocenters. The number of pyridine rings is 1. The predicted octanol–water partition coefficient (Wildman–Crippen LogP) is 3.76. The highest BCUT2D eigenvalue weighted by Gasteiger charge is 2.18. The van der Waals surface area contributed by atoms with Crippen LogP contribution in [0.15, 0.2) is 64.4 Å². The second kappa shape index (κ2) is 8.91. The quantitative estimate of drug-likeness (QED) is 0.581.